The van der Waals surface area contributed by atoms with Gasteiger partial charge in [-0.2, -0.15) is 0 Å². The Balaban J connectivity index is 1.63. The summed E-state index contributed by atoms with van der Waals surface area (Å²) >= 11 is 0. The highest BCUT2D eigenvalue weighted by molar-refractivity contribution is 6.03. The molecule has 5 heteroatoms. The van der Waals surface area contributed by atoms with Crippen LogP contribution in [0.3, 0.4) is 0 Å². The molecule has 1 aliphatic heterocycles. The number of benzene rings is 2. The van der Waals surface area contributed by atoms with Crippen molar-refractivity contribution >= 4 is 23.2 Å². The topological polar surface area (TPSA) is 49.4 Å². The van der Waals surface area contributed by atoms with Crippen molar-refractivity contribution in [3.8, 4) is 0 Å². The molecule has 0 aromatic heterocycles. The van der Waals surface area contributed by atoms with E-state index in [-0.39, 0.29) is 24.1 Å². The van der Waals surface area contributed by atoms with Crippen LogP contribution in [-0.4, -0.2) is 18.4 Å². The van der Waals surface area contributed by atoms with Crippen LogP contribution in [0.2, 0.25) is 0 Å². The molecular weight excluding hydrogens is 331 g/mol. The second-order valence-corrected chi connectivity index (χ2v) is 6.80. The fraction of sp³-hybridized carbons (Fsp3) is 0.333. The van der Waals surface area contributed by atoms with Crippen LogP contribution in [0.15, 0.2) is 48.5 Å². The van der Waals surface area contributed by atoms with Gasteiger partial charge in [0.1, 0.15) is 5.82 Å². The first-order chi connectivity index (χ1) is 12.5. The highest BCUT2D eigenvalue weighted by Gasteiger charge is 2.35. The molecule has 2 aromatic carbocycles. The minimum Gasteiger partial charge on any atom is -0.326 e. The van der Waals surface area contributed by atoms with Crippen LogP contribution in [-0.2, 0) is 9.59 Å². The molecule has 0 unspecified atom stereocenters. The van der Waals surface area contributed by atoms with E-state index >= 15 is 0 Å². The summed E-state index contributed by atoms with van der Waals surface area (Å²) in [5, 5.41) is 2.89. The Labute approximate surface area is 153 Å². The Hall–Kier alpha value is -2.69. The van der Waals surface area contributed by atoms with Crippen molar-refractivity contribution in [1.29, 1.82) is 0 Å². The molecule has 4 nitrogen and oxygen atoms in total. The van der Waals surface area contributed by atoms with Crippen molar-refractivity contribution in [3.05, 3.63) is 59.9 Å². The van der Waals surface area contributed by atoms with Crippen LogP contribution < -0.4 is 10.2 Å². The van der Waals surface area contributed by atoms with Gasteiger partial charge >= 0.3 is 0 Å². The molecule has 2 atom stereocenters. The summed E-state index contributed by atoms with van der Waals surface area (Å²) in [5.74, 6) is -0.572. The lowest BCUT2D eigenvalue weighted by Crippen LogP contribution is -2.28. The molecule has 1 fully saturated rings. The van der Waals surface area contributed by atoms with Gasteiger partial charge in [-0.1, -0.05) is 26.0 Å². The Morgan fingerprint density at radius 3 is 2.46 bits per heavy atom. The van der Waals surface area contributed by atoms with Crippen LogP contribution in [0.5, 0.6) is 0 Å². The van der Waals surface area contributed by atoms with Gasteiger partial charge in [-0.3, -0.25) is 9.59 Å². The number of rotatable bonds is 5. The van der Waals surface area contributed by atoms with E-state index in [1.165, 1.54) is 22.6 Å². The Morgan fingerprint density at radius 1 is 1.19 bits per heavy atom. The first-order valence-electron chi connectivity index (χ1n) is 8.94. The minimum absolute atomic E-state index is 0.121. The van der Waals surface area contributed by atoms with Gasteiger partial charge in [0, 0.05) is 24.3 Å². The Kier molecular flexibility index (Phi) is 5.35. The van der Waals surface area contributed by atoms with Crippen molar-refractivity contribution < 1.29 is 14.0 Å². The number of anilines is 2. The van der Waals surface area contributed by atoms with E-state index in [4.69, 9.17) is 0 Å². The first-order valence-corrected chi connectivity index (χ1v) is 8.94. The zero-order valence-corrected chi connectivity index (χ0v) is 15.0. The molecule has 1 saturated heterocycles. The molecule has 2 aromatic rings. The average Bonchev–Trinajstić information content (AvgIpc) is 3.04. The molecule has 3 rings (SSSR count). The number of nitrogens with zero attached hydrogens (tertiary/aromatic N) is 1. The third-order valence-electron chi connectivity index (χ3n) is 4.99. The monoisotopic (exact) mass is 354 g/mol. The van der Waals surface area contributed by atoms with Crippen LogP contribution >= 0.6 is 0 Å². The van der Waals surface area contributed by atoms with Crippen LogP contribution in [0.25, 0.3) is 0 Å². The minimum atomic E-state index is -0.415. The smallest absolute Gasteiger partial charge is 0.229 e. The number of hydrogen-bond donors (Lipinski definition) is 1. The first kappa shape index (κ1) is 18.1. The van der Waals surface area contributed by atoms with E-state index in [1.807, 2.05) is 24.3 Å². The van der Waals surface area contributed by atoms with E-state index < -0.39 is 5.92 Å². The molecule has 0 spiro atoms. The maximum Gasteiger partial charge on any atom is 0.229 e. The molecule has 26 heavy (non-hydrogen) atoms. The maximum absolute atomic E-state index is 13.1. The Morgan fingerprint density at radius 2 is 1.85 bits per heavy atom. The molecule has 0 radical (unpaired) electrons. The highest BCUT2D eigenvalue weighted by Crippen LogP contribution is 2.27. The van der Waals surface area contributed by atoms with Gasteiger partial charge in [0.15, 0.2) is 0 Å². The van der Waals surface area contributed by atoms with Gasteiger partial charge in [-0.15, -0.1) is 0 Å². The highest BCUT2D eigenvalue weighted by atomic mass is 19.1. The lowest BCUT2D eigenvalue weighted by molar-refractivity contribution is -0.122. The van der Waals surface area contributed by atoms with Gasteiger partial charge < -0.3 is 10.2 Å². The molecule has 1 aliphatic rings. The summed E-state index contributed by atoms with van der Waals surface area (Å²) in [6.45, 7) is 4.62. The van der Waals surface area contributed by atoms with Crippen molar-refractivity contribution in [3.63, 3.8) is 0 Å². The van der Waals surface area contributed by atoms with Crippen molar-refractivity contribution in [1.82, 2.24) is 0 Å². The molecule has 1 heterocycles. The van der Waals surface area contributed by atoms with Gasteiger partial charge in [0.25, 0.3) is 0 Å². The number of hydrogen-bond acceptors (Lipinski definition) is 2. The summed E-state index contributed by atoms with van der Waals surface area (Å²) in [7, 11) is 0. The summed E-state index contributed by atoms with van der Waals surface area (Å²) in [5.41, 5.74) is 2.59. The van der Waals surface area contributed by atoms with Gasteiger partial charge in [-0.25, -0.2) is 4.39 Å². The SMILES string of the molecule is CC[C@@H](C)c1ccc(NC(=O)[C@H]2CC(=O)N(c3ccc(F)cc3)C2)cc1. The zero-order valence-electron chi connectivity index (χ0n) is 15.0. The number of amides is 2. The summed E-state index contributed by atoms with van der Waals surface area (Å²) in [4.78, 5) is 26.3. The number of carbonyl (C=O) groups is 2. The second-order valence-electron chi connectivity index (χ2n) is 6.80. The molecular formula is C21H23FN2O2. The third kappa shape index (κ3) is 3.93. The van der Waals surface area contributed by atoms with Crippen molar-refractivity contribution in [2.24, 2.45) is 5.92 Å². The molecule has 0 bridgehead atoms. The Bertz CT molecular complexity index is 787. The third-order valence-corrected chi connectivity index (χ3v) is 4.99. The largest absolute Gasteiger partial charge is 0.326 e. The molecule has 1 N–H and O–H groups in total. The molecule has 136 valence electrons. The lowest BCUT2D eigenvalue weighted by atomic mass is 9.98. The van der Waals surface area contributed by atoms with Crippen molar-refractivity contribution in [2.45, 2.75) is 32.6 Å². The van der Waals surface area contributed by atoms with E-state index in [2.05, 4.69) is 19.2 Å². The summed E-state index contributed by atoms with van der Waals surface area (Å²) in [6.07, 6.45) is 1.23. The van der Waals surface area contributed by atoms with Gasteiger partial charge in [0.2, 0.25) is 11.8 Å². The number of nitrogens with one attached hydrogen (secondary N) is 1. The normalized spacial score (nSPS) is 18.0. The molecule has 0 aliphatic carbocycles. The van der Waals surface area contributed by atoms with Gasteiger partial charge in [-0.05, 0) is 54.3 Å². The standard InChI is InChI=1S/C21H23FN2O2/c1-3-14(2)15-4-8-18(9-5-15)23-21(26)16-12-20(25)24(13-16)19-10-6-17(22)7-11-19/h4-11,14,16H,3,12-13H2,1-2H3,(H,23,26)/t14-,16+/m1/s1. The van der Waals surface area contributed by atoms with Crippen molar-refractivity contribution in [2.75, 3.05) is 16.8 Å². The second kappa shape index (κ2) is 7.68. The maximum atomic E-state index is 13.1. The van der Waals surface area contributed by atoms with Crippen LogP contribution in [0.4, 0.5) is 15.8 Å². The average molecular weight is 354 g/mol. The van der Waals surface area contributed by atoms with Gasteiger partial charge in [0.05, 0.1) is 5.92 Å². The lowest BCUT2D eigenvalue weighted by Gasteiger charge is -2.17. The predicted molar refractivity (Wildman–Crippen MR) is 101 cm³/mol. The number of halogens is 1. The van der Waals surface area contributed by atoms with E-state index in [1.54, 1.807) is 12.1 Å². The van der Waals surface area contributed by atoms with E-state index in [9.17, 15) is 14.0 Å². The summed E-state index contributed by atoms with van der Waals surface area (Å²) < 4.78 is 13.1. The predicted octanol–water partition coefficient (Wildman–Crippen LogP) is 4.33. The number of carbonyl (C=O) groups excluding carboxylic acids is 2. The van der Waals surface area contributed by atoms with Crippen LogP contribution in [0, 0.1) is 11.7 Å². The zero-order chi connectivity index (χ0) is 18.7. The molecule has 0 saturated carbocycles. The fourth-order valence-electron chi connectivity index (χ4n) is 3.13. The molecule has 2 amide bonds. The van der Waals surface area contributed by atoms with Crippen LogP contribution in [0.1, 0.15) is 38.2 Å². The summed E-state index contributed by atoms with van der Waals surface area (Å²) in [6, 6.07) is 13.6. The van der Waals surface area contributed by atoms with E-state index in [0.29, 0.717) is 18.2 Å². The fourth-order valence-corrected chi connectivity index (χ4v) is 3.13. The van der Waals surface area contributed by atoms with E-state index in [0.717, 1.165) is 12.1 Å². The quantitative estimate of drug-likeness (QED) is 0.869.